The van der Waals surface area contributed by atoms with Crippen LogP contribution in [0.4, 0.5) is 0 Å². The third-order valence-corrected chi connectivity index (χ3v) is 1.99. The lowest BCUT2D eigenvalue weighted by Gasteiger charge is -1.95. The van der Waals surface area contributed by atoms with E-state index in [1.165, 1.54) is 24.0 Å². The van der Waals surface area contributed by atoms with Crippen LogP contribution in [0.15, 0.2) is 24.3 Å². The van der Waals surface area contributed by atoms with E-state index >= 15 is 0 Å². The third kappa shape index (κ3) is 20.1. The van der Waals surface area contributed by atoms with Crippen molar-refractivity contribution >= 4 is 6.41 Å². The third-order valence-electron chi connectivity index (χ3n) is 1.99. The highest BCUT2D eigenvalue weighted by atomic mass is 16.1. The Bertz CT molecular complexity index is 257. The molecule has 0 aliphatic rings. The van der Waals surface area contributed by atoms with Gasteiger partial charge in [-0.1, -0.05) is 77.3 Å². The SMILES string of the molecule is CC.CCCC.CCc1cccc(C)c1.NC=O. The first kappa shape index (κ1) is 21.9. The number of amides is 1. The molecule has 0 aliphatic carbocycles. The number of hydrogen-bond donors (Lipinski definition) is 1. The van der Waals surface area contributed by atoms with Crippen molar-refractivity contribution in [3.63, 3.8) is 0 Å². The zero-order valence-corrected chi connectivity index (χ0v) is 13.0. The molecule has 0 heterocycles. The molecule has 0 fully saturated rings. The van der Waals surface area contributed by atoms with E-state index in [1.807, 2.05) is 13.8 Å². The van der Waals surface area contributed by atoms with Gasteiger partial charge in [-0.05, 0) is 18.9 Å². The molecule has 1 amide bonds. The van der Waals surface area contributed by atoms with Gasteiger partial charge in [0.15, 0.2) is 0 Å². The van der Waals surface area contributed by atoms with Crippen molar-refractivity contribution < 1.29 is 4.79 Å². The Balaban J connectivity index is -0.000000212. The van der Waals surface area contributed by atoms with E-state index in [9.17, 15) is 0 Å². The Hall–Kier alpha value is -1.31. The summed E-state index contributed by atoms with van der Waals surface area (Å²) in [6.07, 6.45) is 4.03. The lowest BCUT2D eigenvalue weighted by atomic mass is 10.1. The average molecular weight is 253 g/mol. The molecule has 2 nitrogen and oxygen atoms in total. The summed E-state index contributed by atoms with van der Waals surface area (Å²) < 4.78 is 0. The maximum Gasteiger partial charge on any atom is 0.204 e. The molecular weight excluding hydrogens is 222 g/mol. The van der Waals surface area contributed by atoms with Crippen LogP contribution < -0.4 is 5.73 Å². The fraction of sp³-hybridized carbons (Fsp3) is 0.562. The first-order valence-corrected chi connectivity index (χ1v) is 6.87. The summed E-state index contributed by atoms with van der Waals surface area (Å²) in [5.41, 5.74) is 6.95. The van der Waals surface area contributed by atoms with E-state index in [0.717, 1.165) is 6.42 Å². The summed E-state index contributed by atoms with van der Waals surface area (Å²) in [6.45, 7) is 12.7. The number of carbonyl (C=O) groups is 1. The first-order chi connectivity index (χ1) is 8.65. The fourth-order valence-electron chi connectivity index (χ4n) is 0.932. The summed E-state index contributed by atoms with van der Waals surface area (Å²) in [6, 6.07) is 8.61. The van der Waals surface area contributed by atoms with Crippen LogP contribution in [-0.2, 0) is 11.2 Å². The molecule has 0 spiro atoms. The maximum absolute atomic E-state index is 8.58. The summed E-state index contributed by atoms with van der Waals surface area (Å²) >= 11 is 0. The smallest absolute Gasteiger partial charge is 0.204 e. The van der Waals surface area contributed by atoms with E-state index in [0.29, 0.717) is 0 Å². The maximum atomic E-state index is 8.58. The first-order valence-electron chi connectivity index (χ1n) is 6.87. The van der Waals surface area contributed by atoms with Gasteiger partial charge in [0.2, 0.25) is 6.41 Å². The summed E-state index contributed by atoms with van der Waals surface area (Å²) in [7, 11) is 0. The van der Waals surface area contributed by atoms with Gasteiger partial charge >= 0.3 is 0 Å². The Morgan fingerprint density at radius 3 is 1.78 bits per heavy atom. The fourth-order valence-corrected chi connectivity index (χ4v) is 0.932. The van der Waals surface area contributed by atoms with Gasteiger partial charge in [-0.2, -0.15) is 0 Å². The molecule has 1 aromatic rings. The number of nitrogens with two attached hydrogens (primary N) is 1. The average Bonchev–Trinajstić information content (AvgIpc) is 2.42. The molecular formula is C16H31NO. The highest BCUT2D eigenvalue weighted by Gasteiger charge is 1.85. The van der Waals surface area contributed by atoms with Gasteiger partial charge in [0.1, 0.15) is 0 Å². The Kier molecular flexibility index (Phi) is 25.6. The van der Waals surface area contributed by atoms with Crippen molar-refractivity contribution in [1.82, 2.24) is 0 Å². The summed E-state index contributed by atoms with van der Waals surface area (Å²) in [4.78, 5) is 8.58. The predicted molar refractivity (Wildman–Crippen MR) is 82.7 cm³/mol. The predicted octanol–water partition coefficient (Wildman–Crippen LogP) is 4.49. The van der Waals surface area contributed by atoms with Gasteiger partial charge < -0.3 is 5.73 Å². The van der Waals surface area contributed by atoms with Gasteiger partial charge in [-0.15, -0.1) is 0 Å². The molecule has 0 atom stereocenters. The van der Waals surface area contributed by atoms with Crippen LogP contribution in [0.2, 0.25) is 0 Å². The molecule has 1 aromatic carbocycles. The number of unbranched alkanes of at least 4 members (excludes halogenated alkanes) is 1. The molecule has 18 heavy (non-hydrogen) atoms. The van der Waals surface area contributed by atoms with Crippen molar-refractivity contribution in [2.45, 2.75) is 60.8 Å². The zero-order valence-electron chi connectivity index (χ0n) is 13.0. The molecule has 0 unspecified atom stereocenters. The van der Waals surface area contributed by atoms with E-state index in [1.54, 1.807) is 0 Å². The Morgan fingerprint density at radius 2 is 1.56 bits per heavy atom. The topological polar surface area (TPSA) is 43.1 Å². The lowest BCUT2D eigenvalue weighted by molar-refractivity contribution is -0.106. The monoisotopic (exact) mass is 253 g/mol. The van der Waals surface area contributed by atoms with Crippen LogP contribution in [0.1, 0.15) is 58.6 Å². The van der Waals surface area contributed by atoms with Crippen LogP contribution in [0, 0.1) is 6.92 Å². The molecule has 0 saturated carbocycles. The molecule has 2 heteroatoms. The van der Waals surface area contributed by atoms with Crippen LogP contribution in [0.25, 0.3) is 0 Å². The van der Waals surface area contributed by atoms with Crippen molar-refractivity contribution in [2.75, 3.05) is 0 Å². The lowest BCUT2D eigenvalue weighted by Crippen LogP contribution is -1.82. The standard InChI is InChI=1S/C9H12.C4H10.C2H6.CH3NO/c1-3-9-6-4-5-8(2)7-9;1-3-4-2;1-2;2-1-3/h4-7H,3H2,1-2H3;3-4H2,1-2H3;1-2H3;1H,(H2,2,3). The van der Waals surface area contributed by atoms with Crippen LogP contribution >= 0.6 is 0 Å². The zero-order chi connectivity index (χ0) is 14.8. The summed E-state index contributed by atoms with van der Waals surface area (Å²) in [5.74, 6) is 0. The van der Waals surface area contributed by atoms with Gasteiger partial charge in [0.05, 0.1) is 0 Å². The van der Waals surface area contributed by atoms with E-state index in [-0.39, 0.29) is 6.41 Å². The highest BCUT2D eigenvalue weighted by Crippen LogP contribution is 2.03. The number of aryl methyl sites for hydroxylation is 2. The number of hydrogen-bond acceptors (Lipinski definition) is 1. The minimum Gasteiger partial charge on any atom is -0.372 e. The molecule has 0 radical (unpaired) electrons. The Labute approximate surface area is 114 Å². The Morgan fingerprint density at radius 1 is 1.11 bits per heavy atom. The van der Waals surface area contributed by atoms with Crippen LogP contribution in [0.3, 0.4) is 0 Å². The van der Waals surface area contributed by atoms with E-state index in [4.69, 9.17) is 4.79 Å². The molecule has 106 valence electrons. The van der Waals surface area contributed by atoms with Crippen molar-refractivity contribution in [3.8, 4) is 0 Å². The van der Waals surface area contributed by atoms with Crippen LogP contribution in [-0.4, -0.2) is 6.41 Å². The molecule has 1 rings (SSSR count). The molecule has 0 bridgehead atoms. The van der Waals surface area contributed by atoms with E-state index < -0.39 is 0 Å². The largest absolute Gasteiger partial charge is 0.372 e. The second-order valence-electron chi connectivity index (χ2n) is 3.48. The molecule has 2 N–H and O–H groups in total. The number of rotatable bonds is 2. The highest BCUT2D eigenvalue weighted by molar-refractivity contribution is 5.42. The van der Waals surface area contributed by atoms with Crippen molar-refractivity contribution in [2.24, 2.45) is 5.73 Å². The van der Waals surface area contributed by atoms with Gasteiger partial charge in [0.25, 0.3) is 0 Å². The van der Waals surface area contributed by atoms with E-state index in [2.05, 4.69) is 57.7 Å². The van der Waals surface area contributed by atoms with Gasteiger partial charge in [-0.25, -0.2) is 0 Å². The number of benzene rings is 1. The number of primary amides is 1. The molecule has 0 aliphatic heterocycles. The van der Waals surface area contributed by atoms with Crippen LogP contribution in [0.5, 0.6) is 0 Å². The minimum atomic E-state index is 0.250. The molecule has 0 saturated heterocycles. The normalized spacial score (nSPS) is 7.44. The number of carbonyl (C=O) groups excluding carboxylic acids is 1. The second-order valence-corrected chi connectivity index (χ2v) is 3.48. The van der Waals surface area contributed by atoms with Gasteiger partial charge in [0, 0.05) is 0 Å². The minimum absolute atomic E-state index is 0.250. The summed E-state index contributed by atoms with van der Waals surface area (Å²) in [5, 5.41) is 0. The van der Waals surface area contributed by atoms with Gasteiger partial charge in [-0.3, -0.25) is 4.79 Å². The van der Waals surface area contributed by atoms with Crippen molar-refractivity contribution in [1.29, 1.82) is 0 Å². The van der Waals surface area contributed by atoms with Crippen molar-refractivity contribution in [3.05, 3.63) is 35.4 Å². The quantitative estimate of drug-likeness (QED) is 0.775. The second kappa shape index (κ2) is 21.0. The molecule has 0 aromatic heterocycles.